The maximum absolute atomic E-state index is 12.4. The number of ether oxygens (including phenoxy) is 1. The molecular formula is C20H20N2O3. The van der Waals surface area contributed by atoms with Crippen LogP contribution in [0.3, 0.4) is 0 Å². The number of aromatic nitrogens is 1. The zero-order chi connectivity index (χ0) is 17.8. The minimum Gasteiger partial charge on any atom is -0.497 e. The maximum Gasteiger partial charge on any atom is 0.253 e. The van der Waals surface area contributed by atoms with Gasteiger partial charge in [0.05, 0.1) is 13.7 Å². The SMILES string of the molecule is COc1ccc2[nH]c(=O)c(CN(Cc3ccccc3)C(C)=O)cc2c1. The van der Waals surface area contributed by atoms with Crippen LogP contribution in [-0.2, 0) is 17.9 Å². The van der Waals surface area contributed by atoms with E-state index in [-0.39, 0.29) is 18.0 Å². The van der Waals surface area contributed by atoms with Gasteiger partial charge in [0, 0.05) is 29.9 Å². The molecule has 0 aliphatic carbocycles. The van der Waals surface area contributed by atoms with Gasteiger partial charge in [-0.05, 0) is 29.8 Å². The van der Waals surface area contributed by atoms with E-state index in [2.05, 4.69) is 4.98 Å². The summed E-state index contributed by atoms with van der Waals surface area (Å²) < 4.78 is 5.23. The fraction of sp³-hybridized carbons (Fsp3) is 0.200. The van der Waals surface area contributed by atoms with Gasteiger partial charge in [0.15, 0.2) is 0 Å². The predicted molar refractivity (Wildman–Crippen MR) is 97.5 cm³/mol. The van der Waals surface area contributed by atoms with E-state index in [1.165, 1.54) is 6.92 Å². The van der Waals surface area contributed by atoms with Crippen molar-refractivity contribution in [1.29, 1.82) is 0 Å². The first-order chi connectivity index (χ1) is 12.1. The van der Waals surface area contributed by atoms with Gasteiger partial charge in [0.1, 0.15) is 5.75 Å². The molecule has 0 aliphatic heterocycles. The van der Waals surface area contributed by atoms with E-state index in [0.717, 1.165) is 22.2 Å². The van der Waals surface area contributed by atoms with Crippen LogP contribution in [0.1, 0.15) is 18.1 Å². The number of amides is 1. The number of carbonyl (C=O) groups excluding carboxylic acids is 1. The Bertz CT molecular complexity index is 948. The minimum atomic E-state index is -0.183. The standard InChI is InChI=1S/C20H20N2O3/c1-14(23)22(12-15-6-4-3-5-7-15)13-17-10-16-11-18(25-2)8-9-19(16)21-20(17)24/h3-11H,12-13H2,1-2H3,(H,21,24). The molecule has 0 aliphatic rings. The minimum absolute atomic E-state index is 0.0750. The molecule has 3 rings (SSSR count). The maximum atomic E-state index is 12.4. The zero-order valence-electron chi connectivity index (χ0n) is 14.3. The summed E-state index contributed by atoms with van der Waals surface area (Å²) in [6, 6.07) is 17.0. The first kappa shape index (κ1) is 16.8. The highest BCUT2D eigenvalue weighted by atomic mass is 16.5. The molecule has 2 aromatic carbocycles. The Morgan fingerprint density at radius 2 is 1.84 bits per heavy atom. The highest BCUT2D eigenvalue weighted by molar-refractivity contribution is 5.80. The Balaban J connectivity index is 1.92. The molecule has 0 radical (unpaired) electrons. The third-order valence-electron chi connectivity index (χ3n) is 4.15. The number of rotatable bonds is 5. The van der Waals surface area contributed by atoms with Crippen LogP contribution in [0.5, 0.6) is 5.75 Å². The van der Waals surface area contributed by atoms with Crippen molar-refractivity contribution in [3.05, 3.63) is 76.1 Å². The molecule has 1 aromatic heterocycles. The van der Waals surface area contributed by atoms with E-state index < -0.39 is 0 Å². The second-order valence-corrected chi connectivity index (χ2v) is 5.94. The van der Waals surface area contributed by atoms with Gasteiger partial charge in [-0.15, -0.1) is 0 Å². The number of benzene rings is 2. The van der Waals surface area contributed by atoms with Gasteiger partial charge in [0.2, 0.25) is 5.91 Å². The Labute approximate surface area is 145 Å². The second kappa shape index (κ2) is 7.21. The molecule has 5 heteroatoms. The molecule has 3 aromatic rings. The summed E-state index contributed by atoms with van der Waals surface area (Å²) in [5, 5.41) is 0.872. The molecule has 0 unspecified atom stereocenters. The lowest BCUT2D eigenvalue weighted by molar-refractivity contribution is -0.130. The molecule has 1 heterocycles. The average Bonchev–Trinajstić information content (AvgIpc) is 2.62. The molecule has 0 spiro atoms. The molecule has 128 valence electrons. The summed E-state index contributed by atoms with van der Waals surface area (Å²) >= 11 is 0. The highest BCUT2D eigenvalue weighted by Gasteiger charge is 2.13. The van der Waals surface area contributed by atoms with E-state index >= 15 is 0 Å². The number of nitrogens with zero attached hydrogens (tertiary/aromatic N) is 1. The molecule has 25 heavy (non-hydrogen) atoms. The quantitative estimate of drug-likeness (QED) is 0.779. The van der Waals surface area contributed by atoms with E-state index in [1.54, 1.807) is 18.1 Å². The second-order valence-electron chi connectivity index (χ2n) is 5.94. The summed E-state index contributed by atoms with van der Waals surface area (Å²) in [4.78, 5) is 28.9. The van der Waals surface area contributed by atoms with Crippen molar-refractivity contribution in [1.82, 2.24) is 9.88 Å². The zero-order valence-corrected chi connectivity index (χ0v) is 14.3. The first-order valence-corrected chi connectivity index (χ1v) is 8.06. The third-order valence-corrected chi connectivity index (χ3v) is 4.15. The summed E-state index contributed by atoms with van der Waals surface area (Å²) in [7, 11) is 1.60. The average molecular weight is 336 g/mol. The normalized spacial score (nSPS) is 10.6. The summed E-state index contributed by atoms with van der Waals surface area (Å²) in [5.74, 6) is 0.646. The van der Waals surface area contributed by atoms with E-state index in [1.807, 2.05) is 48.5 Å². The number of fused-ring (bicyclic) bond motifs is 1. The van der Waals surface area contributed by atoms with Crippen molar-refractivity contribution in [3.8, 4) is 5.75 Å². The van der Waals surface area contributed by atoms with Gasteiger partial charge < -0.3 is 14.6 Å². The van der Waals surface area contributed by atoms with Gasteiger partial charge >= 0.3 is 0 Å². The molecule has 0 saturated carbocycles. The van der Waals surface area contributed by atoms with Crippen LogP contribution in [0.4, 0.5) is 0 Å². The van der Waals surface area contributed by atoms with Crippen LogP contribution in [-0.4, -0.2) is 22.9 Å². The summed E-state index contributed by atoms with van der Waals surface area (Å²) in [6.45, 7) is 2.24. The van der Waals surface area contributed by atoms with Crippen molar-refractivity contribution in [3.63, 3.8) is 0 Å². The largest absolute Gasteiger partial charge is 0.497 e. The van der Waals surface area contributed by atoms with Gasteiger partial charge in [-0.1, -0.05) is 30.3 Å². The number of methoxy groups -OCH3 is 1. The summed E-state index contributed by atoms with van der Waals surface area (Å²) in [6.07, 6.45) is 0. The van der Waals surface area contributed by atoms with Crippen molar-refractivity contribution in [2.24, 2.45) is 0 Å². The molecule has 1 N–H and O–H groups in total. The Morgan fingerprint density at radius 3 is 2.52 bits per heavy atom. The van der Waals surface area contributed by atoms with Gasteiger partial charge in [-0.3, -0.25) is 9.59 Å². The van der Waals surface area contributed by atoms with Crippen molar-refractivity contribution in [2.45, 2.75) is 20.0 Å². The Kier molecular flexibility index (Phi) is 4.84. The molecule has 0 atom stereocenters. The van der Waals surface area contributed by atoms with Crippen LogP contribution in [0.15, 0.2) is 59.4 Å². The lowest BCUT2D eigenvalue weighted by Crippen LogP contribution is -2.30. The molecule has 0 saturated heterocycles. The first-order valence-electron chi connectivity index (χ1n) is 8.06. The Morgan fingerprint density at radius 1 is 1.08 bits per heavy atom. The lowest BCUT2D eigenvalue weighted by atomic mass is 10.1. The van der Waals surface area contributed by atoms with Crippen LogP contribution in [0.2, 0.25) is 0 Å². The lowest BCUT2D eigenvalue weighted by Gasteiger charge is -2.21. The molecule has 1 amide bonds. The fourth-order valence-electron chi connectivity index (χ4n) is 2.76. The molecule has 0 fully saturated rings. The summed E-state index contributed by atoms with van der Waals surface area (Å²) in [5.41, 5.74) is 2.13. The number of H-pyrrole nitrogens is 1. The van der Waals surface area contributed by atoms with Crippen LogP contribution >= 0.6 is 0 Å². The van der Waals surface area contributed by atoms with E-state index in [9.17, 15) is 9.59 Å². The van der Waals surface area contributed by atoms with Crippen molar-refractivity contribution >= 4 is 16.8 Å². The topological polar surface area (TPSA) is 62.4 Å². The number of hydrogen-bond acceptors (Lipinski definition) is 3. The predicted octanol–water partition coefficient (Wildman–Crippen LogP) is 3.09. The van der Waals surface area contributed by atoms with Crippen LogP contribution in [0, 0.1) is 0 Å². The number of hydrogen-bond donors (Lipinski definition) is 1. The van der Waals surface area contributed by atoms with Gasteiger partial charge in [-0.2, -0.15) is 0 Å². The number of nitrogens with one attached hydrogen (secondary N) is 1. The van der Waals surface area contributed by atoms with E-state index in [4.69, 9.17) is 4.74 Å². The van der Waals surface area contributed by atoms with Crippen LogP contribution in [0.25, 0.3) is 10.9 Å². The Hall–Kier alpha value is -3.08. The smallest absolute Gasteiger partial charge is 0.253 e. The van der Waals surface area contributed by atoms with Crippen molar-refractivity contribution in [2.75, 3.05) is 7.11 Å². The molecule has 0 bridgehead atoms. The molecule has 5 nitrogen and oxygen atoms in total. The van der Waals surface area contributed by atoms with Crippen molar-refractivity contribution < 1.29 is 9.53 Å². The van der Waals surface area contributed by atoms with Gasteiger partial charge in [-0.25, -0.2) is 0 Å². The molecular weight excluding hydrogens is 316 g/mol. The highest BCUT2D eigenvalue weighted by Crippen LogP contribution is 2.19. The van der Waals surface area contributed by atoms with Crippen LogP contribution < -0.4 is 10.3 Å². The monoisotopic (exact) mass is 336 g/mol. The fourth-order valence-corrected chi connectivity index (χ4v) is 2.76. The third kappa shape index (κ3) is 3.88. The number of pyridine rings is 1. The number of aromatic amines is 1. The van der Waals surface area contributed by atoms with Gasteiger partial charge in [0.25, 0.3) is 5.56 Å². The number of carbonyl (C=O) groups is 1. The van der Waals surface area contributed by atoms with E-state index in [0.29, 0.717) is 12.1 Å².